The van der Waals surface area contributed by atoms with Crippen LogP contribution in [0.1, 0.15) is 36.3 Å². The van der Waals surface area contributed by atoms with E-state index in [0.717, 1.165) is 5.56 Å². The van der Waals surface area contributed by atoms with Gasteiger partial charge < -0.3 is 9.47 Å². The summed E-state index contributed by atoms with van der Waals surface area (Å²) in [6.45, 7) is 1.82. The fourth-order valence-electron chi connectivity index (χ4n) is 2.82. The molecule has 0 radical (unpaired) electrons. The minimum atomic E-state index is -4.23. The largest absolute Gasteiger partial charge is 0.497 e. The van der Waals surface area contributed by atoms with E-state index in [0.29, 0.717) is 17.1 Å². The molecule has 0 bridgehead atoms. The van der Waals surface area contributed by atoms with Crippen molar-refractivity contribution < 1.29 is 22.6 Å². The Kier molecular flexibility index (Phi) is 5.75. The van der Waals surface area contributed by atoms with E-state index in [2.05, 4.69) is 0 Å². The zero-order valence-corrected chi connectivity index (χ0v) is 13.9. The number of methoxy groups -OCH3 is 2. The van der Waals surface area contributed by atoms with E-state index in [1.807, 2.05) is 19.1 Å². The lowest BCUT2D eigenvalue weighted by Gasteiger charge is -2.26. The fraction of sp³-hybridized carbons (Fsp3) is 0.368. The minimum absolute atomic E-state index is 0.286. The van der Waals surface area contributed by atoms with Gasteiger partial charge in [0, 0.05) is 0 Å². The van der Waals surface area contributed by atoms with Gasteiger partial charge in [0.15, 0.2) is 0 Å². The number of alkyl halides is 3. The molecule has 130 valence electrons. The molecule has 0 heterocycles. The molecule has 2 atom stereocenters. The molecule has 0 spiro atoms. The number of rotatable bonds is 6. The van der Waals surface area contributed by atoms with Crippen LogP contribution in [0.15, 0.2) is 48.5 Å². The van der Waals surface area contributed by atoms with E-state index in [9.17, 15) is 13.2 Å². The van der Waals surface area contributed by atoms with Crippen molar-refractivity contribution in [3.05, 3.63) is 59.7 Å². The Balaban J connectivity index is 2.32. The molecule has 0 aliphatic rings. The Morgan fingerprint density at radius 1 is 0.792 bits per heavy atom. The van der Waals surface area contributed by atoms with Crippen molar-refractivity contribution >= 4 is 0 Å². The number of hydrogen-bond acceptors (Lipinski definition) is 2. The van der Waals surface area contributed by atoms with Crippen LogP contribution in [0.3, 0.4) is 0 Å². The monoisotopic (exact) mass is 338 g/mol. The zero-order chi connectivity index (χ0) is 17.7. The van der Waals surface area contributed by atoms with Crippen molar-refractivity contribution in [2.24, 2.45) is 0 Å². The second kappa shape index (κ2) is 7.60. The molecule has 0 amide bonds. The van der Waals surface area contributed by atoms with Crippen LogP contribution >= 0.6 is 0 Å². The molecule has 2 nitrogen and oxygen atoms in total. The Morgan fingerprint density at radius 3 is 1.58 bits per heavy atom. The maximum Gasteiger partial charge on any atom is 0.389 e. The van der Waals surface area contributed by atoms with Gasteiger partial charge in [0.2, 0.25) is 0 Å². The summed E-state index contributed by atoms with van der Waals surface area (Å²) in [6.07, 6.45) is -5.10. The Morgan fingerprint density at radius 2 is 1.21 bits per heavy atom. The van der Waals surface area contributed by atoms with Crippen LogP contribution in [0.25, 0.3) is 0 Å². The molecule has 2 rings (SSSR count). The maximum atomic E-state index is 13.1. The first-order chi connectivity index (χ1) is 11.3. The number of hydrogen-bond donors (Lipinski definition) is 0. The third kappa shape index (κ3) is 4.66. The maximum absolute atomic E-state index is 13.1. The molecule has 2 unspecified atom stereocenters. The highest BCUT2D eigenvalue weighted by atomic mass is 19.4. The van der Waals surface area contributed by atoms with Gasteiger partial charge in [-0.05, 0) is 47.2 Å². The van der Waals surface area contributed by atoms with Crippen molar-refractivity contribution in [1.82, 2.24) is 0 Å². The molecule has 0 saturated carbocycles. The highest BCUT2D eigenvalue weighted by molar-refractivity contribution is 5.35. The first-order valence-corrected chi connectivity index (χ1v) is 7.68. The molecular weight excluding hydrogens is 317 g/mol. The van der Waals surface area contributed by atoms with Gasteiger partial charge in [0.1, 0.15) is 11.5 Å². The third-order valence-corrected chi connectivity index (χ3v) is 4.24. The smallest absolute Gasteiger partial charge is 0.389 e. The van der Waals surface area contributed by atoms with Crippen LogP contribution in [0.4, 0.5) is 13.2 Å². The molecule has 2 aromatic rings. The lowest BCUT2D eigenvalue weighted by atomic mass is 9.80. The normalized spacial score (nSPS) is 14.1. The summed E-state index contributed by atoms with van der Waals surface area (Å²) in [4.78, 5) is 0. The second-order valence-corrected chi connectivity index (χ2v) is 5.76. The number of benzene rings is 2. The molecule has 0 N–H and O–H groups in total. The molecule has 2 aromatic carbocycles. The zero-order valence-electron chi connectivity index (χ0n) is 13.9. The minimum Gasteiger partial charge on any atom is -0.497 e. The van der Waals surface area contributed by atoms with Gasteiger partial charge in [-0.1, -0.05) is 31.2 Å². The molecular formula is C19H21F3O2. The Hall–Kier alpha value is -2.17. The first kappa shape index (κ1) is 18.2. The summed E-state index contributed by atoms with van der Waals surface area (Å²) in [5.41, 5.74) is 1.50. The van der Waals surface area contributed by atoms with Crippen molar-refractivity contribution in [3.8, 4) is 11.5 Å². The van der Waals surface area contributed by atoms with E-state index in [1.54, 1.807) is 43.5 Å². The predicted octanol–water partition coefficient (Wildman–Crippen LogP) is 5.54. The van der Waals surface area contributed by atoms with Crippen LogP contribution in [0.5, 0.6) is 11.5 Å². The van der Waals surface area contributed by atoms with Gasteiger partial charge in [-0.25, -0.2) is 0 Å². The van der Waals surface area contributed by atoms with Crippen LogP contribution < -0.4 is 9.47 Å². The predicted molar refractivity (Wildman–Crippen MR) is 87.8 cm³/mol. The molecule has 24 heavy (non-hydrogen) atoms. The summed E-state index contributed by atoms with van der Waals surface area (Å²) >= 11 is 0. The SMILES string of the molecule is COc1ccc(C(C)C(CC(F)(F)F)c2ccc(OC)cc2)cc1. The van der Waals surface area contributed by atoms with Gasteiger partial charge in [0.05, 0.1) is 20.6 Å². The standard InChI is InChI=1S/C19H21F3O2/c1-13(14-4-8-16(23-2)9-5-14)18(12-19(20,21)22)15-6-10-17(24-3)11-7-15/h4-11,13,18H,12H2,1-3H3. The van der Waals surface area contributed by atoms with Crippen molar-refractivity contribution in [3.63, 3.8) is 0 Å². The average Bonchev–Trinajstić information content (AvgIpc) is 2.58. The lowest BCUT2D eigenvalue weighted by Crippen LogP contribution is -2.18. The Labute approximate surface area is 140 Å². The third-order valence-electron chi connectivity index (χ3n) is 4.24. The van der Waals surface area contributed by atoms with Crippen molar-refractivity contribution in [2.45, 2.75) is 31.4 Å². The van der Waals surface area contributed by atoms with Crippen LogP contribution in [-0.2, 0) is 0 Å². The Bertz CT molecular complexity index is 633. The van der Waals surface area contributed by atoms with Crippen LogP contribution in [-0.4, -0.2) is 20.4 Å². The van der Waals surface area contributed by atoms with Gasteiger partial charge >= 0.3 is 6.18 Å². The molecule has 0 aliphatic carbocycles. The highest BCUT2D eigenvalue weighted by Gasteiger charge is 2.35. The van der Waals surface area contributed by atoms with E-state index >= 15 is 0 Å². The summed E-state index contributed by atoms with van der Waals surface area (Å²) in [5.74, 6) is 0.361. The first-order valence-electron chi connectivity index (χ1n) is 7.68. The quantitative estimate of drug-likeness (QED) is 0.688. The van der Waals surface area contributed by atoms with Gasteiger partial charge in [-0.3, -0.25) is 0 Å². The van der Waals surface area contributed by atoms with Gasteiger partial charge in [-0.15, -0.1) is 0 Å². The average molecular weight is 338 g/mol. The summed E-state index contributed by atoms with van der Waals surface area (Å²) < 4.78 is 49.5. The van der Waals surface area contributed by atoms with E-state index < -0.39 is 18.5 Å². The summed E-state index contributed by atoms with van der Waals surface area (Å²) in [6, 6.07) is 14.0. The molecule has 0 fully saturated rings. The topological polar surface area (TPSA) is 18.5 Å². The molecule has 0 saturated heterocycles. The highest BCUT2D eigenvalue weighted by Crippen LogP contribution is 2.41. The van der Waals surface area contributed by atoms with Crippen molar-refractivity contribution in [1.29, 1.82) is 0 Å². The van der Waals surface area contributed by atoms with Crippen molar-refractivity contribution in [2.75, 3.05) is 14.2 Å². The van der Waals surface area contributed by atoms with Crippen LogP contribution in [0, 0.1) is 0 Å². The number of ether oxygens (including phenoxy) is 2. The van der Waals surface area contributed by atoms with E-state index in [4.69, 9.17) is 9.47 Å². The lowest BCUT2D eigenvalue weighted by molar-refractivity contribution is -0.139. The van der Waals surface area contributed by atoms with Gasteiger partial charge in [-0.2, -0.15) is 13.2 Å². The van der Waals surface area contributed by atoms with Crippen LogP contribution in [0.2, 0.25) is 0 Å². The fourth-order valence-corrected chi connectivity index (χ4v) is 2.82. The number of halogens is 3. The summed E-state index contributed by atoms with van der Waals surface area (Å²) in [5, 5.41) is 0. The van der Waals surface area contributed by atoms with E-state index in [1.165, 1.54) is 7.11 Å². The molecule has 5 heteroatoms. The molecule has 0 aliphatic heterocycles. The van der Waals surface area contributed by atoms with Gasteiger partial charge in [0.25, 0.3) is 0 Å². The molecule has 0 aromatic heterocycles. The van der Waals surface area contributed by atoms with E-state index in [-0.39, 0.29) is 5.92 Å². The summed E-state index contributed by atoms with van der Waals surface area (Å²) in [7, 11) is 3.09. The second-order valence-electron chi connectivity index (χ2n) is 5.76.